The number of nitrogens with two attached hydrogens (primary N) is 2. The van der Waals surface area contributed by atoms with Crippen LogP contribution in [0, 0.1) is 5.82 Å². The van der Waals surface area contributed by atoms with Crippen LogP contribution in [0.4, 0.5) is 10.1 Å². The van der Waals surface area contributed by atoms with Gasteiger partial charge in [-0.15, -0.1) is 0 Å². The first-order chi connectivity index (χ1) is 8.06. The largest absolute Gasteiger partial charge is 0.398 e. The Kier molecular flexibility index (Phi) is 3.63. The van der Waals surface area contributed by atoms with Crippen molar-refractivity contribution in [3.63, 3.8) is 0 Å². The topological polar surface area (TPSA) is 115 Å². The lowest BCUT2D eigenvalue weighted by Crippen LogP contribution is -2.52. The van der Waals surface area contributed by atoms with Gasteiger partial charge in [0.25, 0.3) is 0 Å². The third-order valence-electron chi connectivity index (χ3n) is 2.27. The number of carbonyl (C=O) groups is 1. The van der Waals surface area contributed by atoms with E-state index in [4.69, 9.17) is 11.5 Å². The van der Waals surface area contributed by atoms with Crippen LogP contribution in [-0.2, 0) is 14.8 Å². The van der Waals surface area contributed by atoms with Gasteiger partial charge in [0, 0.05) is 0 Å². The Balaban J connectivity index is 3.19. The van der Waals surface area contributed by atoms with Gasteiger partial charge >= 0.3 is 0 Å². The Morgan fingerprint density at radius 1 is 1.39 bits per heavy atom. The SMILES string of the molecule is CC(C)(NS(=O)(=O)c1ccc(F)cc1N)C(N)=O. The fraction of sp³-hybridized carbons (Fsp3) is 0.300. The fourth-order valence-electron chi connectivity index (χ4n) is 1.21. The smallest absolute Gasteiger partial charge is 0.243 e. The first-order valence-corrected chi connectivity index (χ1v) is 6.43. The zero-order chi connectivity index (χ0) is 14.1. The molecule has 1 aromatic carbocycles. The summed E-state index contributed by atoms with van der Waals surface area (Å²) in [6, 6.07) is 2.86. The summed E-state index contributed by atoms with van der Waals surface area (Å²) in [7, 11) is -4.05. The molecular weight excluding hydrogens is 261 g/mol. The van der Waals surface area contributed by atoms with Gasteiger partial charge in [-0.2, -0.15) is 4.72 Å². The first kappa shape index (κ1) is 14.4. The van der Waals surface area contributed by atoms with E-state index in [0.29, 0.717) is 0 Å². The van der Waals surface area contributed by atoms with Crippen LogP contribution in [0.3, 0.4) is 0 Å². The molecule has 6 nitrogen and oxygen atoms in total. The molecule has 0 saturated carbocycles. The summed E-state index contributed by atoms with van der Waals surface area (Å²) in [5.41, 5.74) is 8.77. The molecule has 0 aliphatic carbocycles. The summed E-state index contributed by atoms with van der Waals surface area (Å²) in [6.45, 7) is 2.62. The molecule has 0 aliphatic heterocycles. The van der Waals surface area contributed by atoms with Gasteiger partial charge in [-0.05, 0) is 32.0 Å². The fourth-order valence-corrected chi connectivity index (χ4v) is 2.70. The highest BCUT2D eigenvalue weighted by molar-refractivity contribution is 7.89. The number of carbonyl (C=O) groups excluding carboxylic acids is 1. The summed E-state index contributed by atoms with van der Waals surface area (Å²) in [6.07, 6.45) is 0. The maximum atomic E-state index is 12.8. The molecule has 1 aromatic rings. The molecule has 0 fully saturated rings. The van der Waals surface area contributed by atoms with Crippen molar-refractivity contribution >= 4 is 21.6 Å². The van der Waals surface area contributed by atoms with Crippen molar-refractivity contribution in [1.82, 2.24) is 4.72 Å². The molecule has 5 N–H and O–H groups in total. The van der Waals surface area contributed by atoms with E-state index in [9.17, 15) is 17.6 Å². The monoisotopic (exact) mass is 275 g/mol. The normalized spacial score (nSPS) is 12.4. The highest BCUT2D eigenvalue weighted by Gasteiger charge is 2.32. The van der Waals surface area contributed by atoms with Crippen LogP contribution in [-0.4, -0.2) is 19.9 Å². The minimum Gasteiger partial charge on any atom is -0.398 e. The van der Waals surface area contributed by atoms with Crippen molar-refractivity contribution in [1.29, 1.82) is 0 Å². The van der Waals surface area contributed by atoms with Gasteiger partial charge in [-0.1, -0.05) is 0 Å². The molecule has 0 atom stereocenters. The summed E-state index contributed by atoms with van der Waals surface area (Å²) < 4.78 is 38.9. The van der Waals surface area contributed by atoms with E-state index in [1.54, 1.807) is 0 Å². The van der Waals surface area contributed by atoms with Gasteiger partial charge in [0.15, 0.2) is 0 Å². The predicted octanol–water partition coefficient (Wildman–Crippen LogP) is -0.0499. The average Bonchev–Trinajstić information content (AvgIpc) is 2.14. The van der Waals surface area contributed by atoms with Crippen LogP contribution in [0.25, 0.3) is 0 Å². The molecule has 1 rings (SSSR count). The maximum Gasteiger partial charge on any atom is 0.243 e. The minimum absolute atomic E-state index is 0.247. The molecule has 0 heterocycles. The second kappa shape index (κ2) is 4.54. The van der Waals surface area contributed by atoms with Crippen LogP contribution in [0.2, 0.25) is 0 Å². The van der Waals surface area contributed by atoms with Gasteiger partial charge in [-0.3, -0.25) is 4.79 Å². The first-order valence-electron chi connectivity index (χ1n) is 4.95. The molecule has 8 heteroatoms. The zero-order valence-corrected chi connectivity index (χ0v) is 10.7. The zero-order valence-electron chi connectivity index (χ0n) is 9.90. The number of halogens is 1. The molecule has 0 bridgehead atoms. The number of amides is 1. The van der Waals surface area contributed by atoms with Gasteiger partial charge in [0.2, 0.25) is 15.9 Å². The van der Waals surface area contributed by atoms with Crippen molar-refractivity contribution in [2.45, 2.75) is 24.3 Å². The van der Waals surface area contributed by atoms with E-state index >= 15 is 0 Å². The number of primary amides is 1. The lowest BCUT2D eigenvalue weighted by Gasteiger charge is -2.22. The van der Waals surface area contributed by atoms with E-state index in [1.165, 1.54) is 13.8 Å². The standard InChI is InChI=1S/C10H14FN3O3S/c1-10(2,9(13)15)14-18(16,17)8-4-3-6(11)5-7(8)12/h3-5,14H,12H2,1-2H3,(H2,13,15). The summed E-state index contributed by atoms with van der Waals surface area (Å²) in [5.74, 6) is -1.49. The Bertz CT molecular complexity index is 584. The molecule has 0 aliphatic rings. The van der Waals surface area contributed by atoms with Crippen LogP contribution in [0.1, 0.15) is 13.8 Å². The quantitative estimate of drug-likeness (QED) is 0.668. The van der Waals surface area contributed by atoms with E-state index in [0.717, 1.165) is 18.2 Å². The Morgan fingerprint density at radius 3 is 2.39 bits per heavy atom. The van der Waals surface area contributed by atoms with Crippen molar-refractivity contribution in [3.05, 3.63) is 24.0 Å². The van der Waals surface area contributed by atoms with Crippen molar-refractivity contribution in [3.8, 4) is 0 Å². The summed E-state index contributed by atoms with van der Waals surface area (Å²) in [4.78, 5) is 10.8. The Hall–Kier alpha value is -1.67. The number of hydrogen-bond donors (Lipinski definition) is 3. The number of sulfonamides is 1. The third-order valence-corrected chi connectivity index (χ3v) is 4.00. The second-order valence-electron chi connectivity index (χ2n) is 4.28. The van der Waals surface area contributed by atoms with Gasteiger partial charge in [0.05, 0.1) is 5.69 Å². The average molecular weight is 275 g/mol. The van der Waals surface area contributed by atoms with Crippen LogP contribution >= 0.6 is 0 Å². The molecule has 0 aromatic heterocycles. The molecule has 0 radical (unpaired) electrons. The van der Waals surface area contributed by atoms with E-state index < -0.39 is 27.3 Å². The molecule has 100 valence electrons. The van der Waals surface area contributed by atoms with Crippen LogP contribution in [0.5, 0.6) is 0 Å². The molecule has 0 saturated heterocycles. The maximum absolute atomic E-state index is 12.8. The number of benzene rings is 1. The lowest BCUT2D eigenvalue weighted by molar-refractivity contribution is -0.122. The molecular formula is C10H14FN3O3S. The second-order valence-corrected chi connectivity index (χ2v) is 5.93. The van der Waals surface area contributed by atoms with Crippen molar-refractivity contribution in [2.75, 3.05) is 5.73 Å². The Morgan fingerprint density at radius 2 is 1.94 bits per heavy atom. The van der Waals surface area contributed by atoms with Gasteiger partial charge in [0.1, 0.15) is 16.3 Å². The number of nitrogens with one attached hydrogen (secondary N) is 1. The van der Waals surface area contributed by atoms with Crippen molar-refractivity contribution in [2.24, 2.45) is 5.73 Å². The van der Waals surface area contributed by atoms with E-state index in [-0.39, 0.29) is 10.6 Å². The molecule has 1 amide bonds. The molecule has 0 spiro atoms. The number of nitrogen functional groups attached to an aromatic ring is 1. The molecule has 18 heavy (non-hydrogen) atoms. The summed E-state index contributed by atoms with van der Waals surface area (Å²) >= 11 is 0. The molecule has 0 unspecified atom stereocenters. The highest BCUT2D eigenvalue weighted by Crippen LogP contribution is 2.20. The van der Waals surface area contributed by atoms with Gasteiger partial charge < -0.3 is 11.5 Å². The van der Waals surface area contributed by atoms with Gasteiger partial charge in [-0.25, -0.2) is 12.8 Å². The number of anilines is 1. The van der Waals surface area contributed by atoms with E-state index in [2.05, 4.69) is 4.72 Å². The van der Waals surface area contributed by atoms with Crippen LogP contribution < -0.4 is 16.2 Å². The third kappa shape index (κ3) is 2.96. The highest BCUT2D eigenvalue weighted by atomic mass is 32.2. The van der Waals surface area contributed by atoms with Crippen molar-refractivity contribution < 1.29 is 17.6 Å². The Labute approximate surface area is 104 Å². The van der Waals surface area contributed by atoms with Crippen LogP contribution in [0.15, 0.2) is 23.1 Å². The predicted molar refractivity (Wildman–Crippen MR) is 64.4 cm³/mol. The summed E-state index contributed by atoms with van der Waals surface area (Å²) in [5, 5.41) is 0. The lowest BCUT2D eigenvalue weighted by atomic mass is 10.1. The van der Waals surface area contributed by atoms with E-state index in [1.807, 2.05) is 0 Å². The number of hydrogen-bond acceptors (Lipinski definition) is 4. The minimum atomic E-state index is -4.05. The number of rotatable bonds is 4.